The molecular weight excluding hydrogens is 291 g/mol. The normalized spacial score (nSPS) is 22.7. The molecule has 0 spiro atoms. The van der Waals surface area contributed by atoms with E-state index in [4.69, 9.17) is 17.3 Å². The van der Waals surface area contributed by atoms with E-state index in [-0.39, 0.29) is 30.2 Å². The van der Waals surface area contributed by atoms with Gasteiger partial charge in [-0.05, 0) is 25.0 Å². The fourth-order valence-electron chi connectivity index (χ4n) is 2.92. The lowest BCUT2D eigenvalue weighted by molar-refractivity contribution is -0.135. The monoisotopic (exact) mass is 312 g/mol. The number of halogens is 2. The Hall–Kier alpha value is -1.13. The Kier molecular flexibility index (Phi) is 5.59. The van der Waals surface area contributed by atoms with Gasteiger partial charge in [-0.2, -0.15) is 0 Å². The van der Waals surface area contributed by atoms with Gasteiger partial charge in [-0.1, -0.05) is 36.9 Å². The number of amides is 1. The van der Waals surface area contributed by atoms with E-state index in [2.05, 4.69) is 0 Å². The summed E-state index contributed by atoms with van der Waals surface area (Å²) in [7, 11) is 1.68. The molecule has 0 saturated heterocycles. The van der Waals surface area contributed by atoms with Gasteiger partial charge >= 0.3 is 0 Å². The minimum Gasteiger partial charge on any atom is -0.341 e. The predicted octanol–water partition coefficient (Wildman–Crippen LogP) is 3.35. The molecule has 1 aromatic rings. The lowest BCUT2D eigenvalue weighted by Crippen LogP contribution is -2.42. The summed E-state index contributed by atoms with van der Waals surface area (Å²) >= 11 is 6.02. The van der Waals surface area contributed by atoms with Crippen molar-refractivity contribution in [1.82, 2.24) is 4.90 Å². The van der Waals surface area contributed by atoms with Gasteiger partial charge in [0.05, 0.1) is 5.92 Å². The molecule has 1 aliphatic carbocycles. The van der Waals surface area contributed by atoms with Crippen LogP contribution >= 0.6 is 11.6 Å². The van der Waals surface area contributed by atoms with Gasteiger partial charge < -0.3 is 10.6 Å². The van der Waals surface area contributed by atoms with Gasteiger partial charge in [-0.25, -0.2) is 4.39 Å². The van der Waals surface area contributed by atoms with Crippen molar-refractivity contribution in [3.8, 4) is 0 Å². The molecule has 0 aromatic heterocycles. The Labute approximate surface area is 130 Å². The molecule has 21 heavy (non-hydrogen) atoms. The Morgan fingerprint density at radius 2 is 2.10 bits per heavy atom. The SMILES string of the molecule is CN(Cc1c(F)cccc1Cl)C(=O)C1CCCCCC1N. The van der Waals surface area contributed by atoms with Crippen molar-refractivity contribution < 1.29 is 9.18 Å². The van der Waals surface area contributed by atoms with Gasteiger partial charge in [0, 0.05) is 30.2 Å². The summed E-state index contributed by atoms with van der Waals surface area (Å²) < 4.78 is 13.8. The second kappa shape index (κ2) is 7.23. The molecule has 0 aliphatic heterocycles. The standard InChI is InChI=1S/C16H22ClFN2O/c1-20(10-12-13(17)7-5-8-14(12)18)16(21)11-6-3-2-4-9-15(11)19/h5,7-8,11,15H,2-4,6,9-10,19H2,1H3. The maximum Gasteiger partial charge on any atom is 0.227 e. The third-order valence-corrected chi connectivity index (χ3v) is 4.57. The minimum atomic E-state index is -0.382. The van der Waals surface area contributed by atoms with Crippen molar-refractivity contribution in [3.63, 3.8) is 0 Å². The van der Waals surface area contributed by atoms with E-state index in [1.165, 1.54) is 6.07 Å². The molecule has 1 amide bonds. The van der Waals surface area contributed by atoms with Crippen LogP contribution in [-0.2, 0) is 11.3 Å². The predicted molar refractivity (Wildman–Crippen MR) is 82.4 cm³/mol. The summed E-state index contributed by atoms with van der Waals surface area (Å²) in [5.74, 6) is -0.556. The zero-order chi connectivity index (χ0) is 15.4. The lowest BCUT2D eigenvalue weighted by Gasteiger charge is -2.27. The molecule has 0 radical (unpaired) electrons. The van der Waals surface area contributed by atoms with E-state index >= 15 is 0 Å². The number of nitrogens with zero attached hydrogens (tertiary/aromatic N) is 1. The highest BCUT2D eigenvalue weighted by Crippen LogP contribution is 2.26. The number of rotatable bonds is 3. The molecule has 2 unspecified atom stereocenters. The summed E-state index contributed by atoms with van der Waals surface area (Å²) in [6.07, 6.45) is 4.92. The van der Waals surface area contributed by atoms with Crippen LogP contribution in [0, 0.1) is 11.7 Å². The van der Waals surface area contributed by atoms with Gasteiger partial charge in [-0.15, -0.1) is 0 Å². The molecule has 1 fully saturated rings. The maximum absolute atomic E-state index is 13.8. The molecule has 1 saturated carbocycles. The number of hydrogen-bond donors (Lipinski definition) is 1. The van der Waals surface area contributed by atoms with Crippen molar-refractivity contribution in [2.75, 3.05) is 7.05 Å². The van der Waals surface area contributed by atoms with Crippen molar-refractivity contribution in [3.05, 3.63) is 34.6 Å². The number of nitrogens with two attached hydrogens (primary N) is 1. The molecule has 2 atom stereocenters. The fourth-order valence-corrected chi connectivity index (χ4v) is 3.15. The summed E-state index contributed by atoms with van der Waals surface area (Å²) in [5, 5.41) is 0.347. The smallest absolute Gasteiger partial charge is 0.227 e. The van der Waals surface area contributed by atoms with Crippen LogP contribution in [0.25, 0.3) is 0 Å². The van der Waals surface area contributed by atoms with Crippen molar-refractivity contribution >= 4 is 17.5 Å². The summed E-state index contributed by atoms with van der Waals surface area (Å²) in [6.45, 7) is 0.174. The first-order chi connectivity index (χ1) is 10.0. The summed E-state index contributed by atoms with van der Waals surface area (Å²) in [5.41, 5.74) is 6.48. The number of carbonyl (C=O) groups is 1. The first-order valence-corrected chi connectivity index (χ1v) is 7.82. The van der Waals surface area contributed by atoms with E-state index < -0.39 is 0 Å². The first-order valence-electron chi connectivity index (χ1n) is 7.44. The second-order valence-electron chi connectivity index (χ2n) is 5.80. The van der Waals surface area contributed by atoms with E-state index in [0.717, 1.165) is 32.1 Å². The third-order valence-electron chi connectivity index (χ3n) is 4.22. The summed E-state index contributed by atoms with van der Waals surface area (Å²) in [6, 6.07) is 4.45. The largest absolute Gasteiger partial charge is 0.341 e. The maximum atomic E-state index is 13.8. The third kappa shape index (κ3) is 3.95. The van der Waals surface area contributed by atoms with Gasteiger partial charge in [0.25, 0.3) is 0 Å². The van der Waals surface area contributed by atoms with Gasteiger partial charge in [0.1, 0.15) is 5.82 Å². The van der Waals surface area contributed by atoms with E-state index in [1.54, 1.807) is 24.1 Å². The minimum absolute atomic E-state index is 0.0104. The highest BCUT2D eigenvalue weighted by atomic mass is 35.5. The first kappa shape index (κ1) is 16.2. The number of benzene rings is 1. The van der Waals surface area contributed by atoms with Gasteiger partial charge in [0.15, 0.2) is 0 Å². The molecular formula is C16H22ClFN2O. The van der Waals surface area contributed by atoms with E-state index in [1.807, 2.05) is 0 Å². The highest BCUT2D eigenvalue weighted by Gasteiger charge is 2.29. The molecule has 2 N–H and O–H groups in total. The van der Waals surface area contributed by atoms with E-state index in [0.29, 0.717) is 10.6 Å². The van der Waals surface area contributed by atoms with Crippen LogP contribution in [0.4, 0.5) is 4.39 Å². The second-order valence-corrected chi connectivity index (χ2v) is 6.21. The Morgan fingerprint density at radius 1 is 1.38 bits per heavy atom. The van der Waals surface area contributed by atoms with Crippen LogP contribution in [0.15, 0.2) is 18.2 Å². The Balaban J connectivity index is 2.08. The molecule has 0 bridgehead atoms. The van der Waals surface area contributed by atoms with Crippen LogP contribution in [0.3, 0.4) is 0 Å². The van der Waals surface area contributed by atoms with Crippen molar-refractivity contribution in [1.29, 1.82) is 0 Å². The van der Waals surface area contributed by atoms with Crippen LogP contribution in [0.5, 0.6) is 0 Å². The zero-order valence-corrected chi connectivity index (χ0v) is 13.1. The topological polar surface area (TPSA) is 46.3 Å². The van der Waals surface area contributed by atoms with Crippen LogP contribution in [0.2, 0.25) is 5.02 Å². The lowest BCUT2D eigenvalue weighted by atomic mass is 9.94. The summed E-state index contributed by atoms with van der Waals surface area (Å²) in [4.78, 5) is 14.1. The number of carbonyl (C=O) groups excluding carboxylic acids is 1. The molecule has 1 aliphatic rings. The van der Waals surface area contributed by atoms with Crippen LogP contribution < -0.4 is 5.73 Å². The van der Waals surface area contributed by atoms with Crippen molar-refractivity contribution in [2.45, 2.75) is 44.7 Å². The molecule has 2 rings (SSSR count). The highest BCUT2D eigenvalue weighted by molar-refractivity contribution is 6.31. The molecule has 116 valence electrons. The Bertz CT molecular complexity index is 489. The molecule has 0 heterocycles. The molecule has 3 nitrogen and oxygen atoms in total. The molecule has 5 heteroatoms. The quantitative estimate of drug-likeness (QED) is 0.870. The molecule has 1 aromatic carbocycles. The van der Waals surface area contributed by atoms with Crippen LogP contribution in [0.1, 0.15) is 37.7 Å². The van der Waals surface area contributed by atoms with Gasteiger partial charge in [0.2, 0.25) is 5.91 Å². The Morgan fingerprint density at radius 3 is 2.81 bits per heavy atom. The van der Waals surface area contributed by atoms with Crippen molar-refractivity contribution in [2.24, 2.45) is 11.7 Å². The zero-order valence-electron chi connectivity index (χ0n) is 12.3. The van der Waals surface area contributed by atoms with E-state index in [9.17, 15) is 9.18 Å². The average molecular weight is 313 g/mol. The van der Waals surface area contributed by atoms with Gasteiger partial charge in [-0.3, -0.25) is 4.79 Å². The number of hydrogen-bond acceptors (Lipinski definition) is 2. The average Bonchev–Trinajstić information content (AvgIpc) is 2.66. The van der Waals surface area contributed by atoms with Crippen LogP contribution in [-0.4, -0.2) is 23.9 Å². The fraction of sp³-hybridized carbons (Fsp3) is 0.562.